The number of hydrogen-bond acceptors (Lipinski definition) is 2. The van der Waals surface area contributed by atoms with Crippen molar-refractivity contribution in [2.75, 3.05) is 19.6 Å². The topological polar surface area (TPSA) is 56.7 Å². The molecule has 1 unspecified atom stereocenters. The number of aliphatic imine (C=N–C) groups is 1. The number of nitrogens with zero attached hydrogens (tertiary/aromatic N) is 1. The van der Waals surface area contributed by atoms with E-state index in [9.17, 15) is 9.50 Å². The van der Waals surface area contributed by atoms with Gasteiger partial charge in [-0.1, -0.05) is 41.9 Å². The summed E-state index contributed by atoms with van der Waals surface area (Å²) in [4.78, 5) is 4.39. The Hall–Kier alpha value is -1.38. The Morgan fingerprint density at radius 3 is 2.65 bits per heavy atom. The average molecular weight is 492 g/mol. The van der Waals surface area contributed by atoms with Crippen LogP contribution in [0.5, 0.6) is 0 Å². The second-order valence-electron chi connectivity index (χ2n) is 5.56. The van der Waals surface area contributed by atoms with Crippen molar-refractivity contribution in [3.05, 3.63) is 70.5 Å². The fourth-order valence-electron chi connectivity index (χ4n) is 2.38. The minimum atomic E-state index is -0.771. The maximum absolute atomic E-state index is 13.2. The van der Waals surface area contributed by atoms with Gasteiger partial charge in [0.25, 0.3) is 0 Å². The standard InChI is InChI=1S/C19H23ClFN3O.HI/c1-2-22-19(23-11-10-14-6-5-7-15(21)12-14)24-13-18(25)16-8-3-4-9-17(16)20;/h3-9,12,18,25H,2,10-11,13H2,1H3,(H2,22,23,24);1H. The van der Waals surface area contributed by atoms with Gasteiger partial charge in [-0.3, -0.25) is 4.99 Å². The van der Waals surface area contributed by atoms with Crippen LogP contribution in [-0.2, 0) is 6.42 Å². The summed E-state index contributed by atoms with van der Waals surface area (Å²) in [5, 5.41) is 17.1. The van der Waals surface area contributed by atoms with Crippen molar-refractivity contribution in [3.8, 4) is 0 Å². The molecule has 0 saturated heterocycles. The molecule has 7 heteroatoms. The number of nitrogens with one attached hydrogen (secondary N) is 2. The monoisotopic (exact) mass is 491 g/mol. The molecule has 0 aliphatic carbocycles. The predicted octanol–water partition coefficient (Wildman–Crippen LogP) is 3.93. The molecule has 0 aromatic heterocycles. The maximum Gasteiger partial charge on any atom is 0.191 e. The molecular weight excluding hydrogens is 468 g/mol. The minimum absolute atomic E-state index is 0. The first kappa shape index (κ1) is 22.7. The molecule has 4 nitrogen and oxygen atoms in total. The van der Waals surface area contributed by atoms with E-state index in [1.807, 2.05) is 25.1 Å². The lowest BCUT2D eigenvalue weighted by molar-refractivity contribution is 0.187. The van der Waals surface area contributed by atoms with Crippen LogP contribution < -0.4 is 10.6 Å². The first-order chi connectivity index (χ1) is 12.1. The molecule has 0 saturated carbocycles. The molecule has 0 amide bonds. The largest absolute Gasteiger partial charge is 0.386 e. The van der Waals surface area contributed by atoms with E-state index in [4.69, 9.17) is 11.6 Å². The molecular formula is C19H24ClFIN3O. The first-order valence-corrected chi connectivity index (χ1v) is 8.67. The van der Waals surface area contributed by atoms with Crippen LogP contribution in [0, 0.1) is 5.82 Å². The van der Waals surface area contributed by atoms with Gasteiger partial charge in [-0.15, -0.1) is 24.0 Å². The van der Waals surface area contributed by atoms with Crippen LogP contribution in [0.15, 0.2) is 53.5 Å². The Labute approximate surface area is 175 Å². The van der Waals surface area contributed by atoms with Crippen LogP contribution in [0.4, 0.5) is 4.39 Å². The zero-order chi connectivity index (χ0) is 18.1. The van der Waals surface area contributed by atoms with E-state index < -0.39 is 6.10 Å². The minimum Gasteiger partial charge on any atom is -0.386 e. The van der Waals surface area contributed by atoms with Crippen LogP contribution >= 0.6 is 35.6 Å². The van der Waals surface area contributed by atoms with E-state index >= 15 is 0 Å². The summed E-state index contributed by atoms with van der Waals surface area (Å²) in [7, 11) is 0. The van der Waals surface area contributed by atoms with Gasteiger partial charge >= 0.3 is 0 Å². The third-order valence-corrected chi connectivity index (χ3v) is 3.97. The van der Waals surface area contributed by atoms with Crippen molar-refractivity contribution in [3.63, 3.8) is 0 Å². The quantitative estimate of drug-likeness (QED) is 0.313. The number of guanidine groups is 1. The molecule has 3 N–H and O–H groups in total. The molecule has 0 bridgehead atoms. The molecule has 2 rings (SSSR count). The van der Waals surface area contributed by atoms with Gasteiger partial charge in [-0.2, -0.15) is 0 Å². The molecule has 0 radical (unpaired) electrons. The Bertz CT molecular complexity index is 715. The summed E-state index contributed by atoms with van der Waals surface area (Å²) < 4.78 is 13.2. The number of benzene rings is 2. The third kappa shape index (κ3) is 7.47. The van der Waals surface area contributed by atoms with E-state index in [0.717, 1.165) is 5.56 Å². The first-order valence-electron chi connectivity index (χ1n) is 8.29. The number of aliphatic hydroxyl groups excluding tert-OH is 1. The van der Waals surface area contributed by atoms with E-state index in [1.54, 1.807) is 18.2 Å². The Kier molecular flexibility index (Phi) is 10.5. The highest BCUT2D eigenvalue weighted by atomic mass is 127. The van der Waals surface area contributed by atoms with Gasteiger partial charge in [-0.05, 0) is 37.1 Å². The van der Waals surface area contributed by atoms with Gasteiger partial charge < -0.3 is 15.7 Å². The van der Waals surface area contributed by atoms with E-state index in [0.29, 0.717) is 36.1 Å². The van der Waals surface area contributed by atoms with Gasteiger partial charge in [-0.25, -0.2) is 4.39 Å². The summed E-state index contributed by atoms with van der Waals surface area (Å²) in [5.41, 5.74) is 1.57. The number of aliphatic hydroxyl groups is 1. The normalized spacial score (nSPS) is 12.2. The highest BCUT2D eigenvalue weighted by molar-refractivity contribution is 14.0. The van der Waals surface area contributed by atoms with Gasteiger partial charge in [0.15, 0.2) is 5.96 Å². The molecule has 26 heavy (non-hydrogen) atoms. The molecule has 0 spiro atoms. The van der Waals surface area contributed by atoms with Gasteiger partial charge in [0, 0.05) is 23.7 Å². The lowest BCUT2D eigenvalue weighted by atomic mass is 10.1. The second kappa shape index (κ2) is 12.1. The van der Waals surface area contributed by atoms with Crippen LogP contribution in [0.3, 0.4) is 0 Å². The maximum atomic E-state index is 13.2. The predicted molar refractivity (Wildman–Crippen MR) is 116 cm³/mol. The van der Waals surface area contributed by atoms with E-state index in [2.05, 4.69) is 15.6 Å². The van der Waals surface area contributed by atoms with E-state index in [1.165, 1.54) is 12.1 Å². The number of hydrogen-bond donors (Lipinski definition) is 3. The Balaban J connectivity index is 0.00000338. The SMILES string of the molecule is CCNC(=NCC(O)c1ccccc1Cl)NCCc1cccc(F)c1.I. The Morgan fingerprint density at radius 2 is 1.96 bits per heavy atom. The van der Waals surface area contributed by atoms with Crippen molar-refractivity contribution >= 4 is 41.5 Å². The average Bonchev–Trinajstić information content (AvgIpc) is 2.60. The fraction of sp³-hybridized carbons (Fsp3) is 0.316. The highest BCUT2D eigenvalue weighted by Gasteiger charge is 2.10. The molecule has 0 heterocycles. The molecule has 0 aliphatic rings. The van der Waals surface area contributed by atoms with Crippen molar-refractivity contribution in [1.29, 1.82) is 0 Å². The van der Waals surface area contributed by atoms with Crippen LogP contribution in [0.25, 0.3) is 0 Å². The lowest BCUT2D eigenvalue weighted by Gasteiger charge is -2.14. The molecule has 1 atom stereocenters. The van der Waals surface area contributed by atoms with Crippen LogP contribution in [0.2, 0.25) is 5.02 Å². The number of rotatable bonds is 7. The fourth-order valence-corrected chi connectivity index (χ4v) is 2.64. The Morgan fingerprint density at radius 1 is 1.19 bits per heavy atom. The van der Waals surface area contributed by atoms with Gasteiger partial charge in [0.2, 0.25) is 0 Å². The van der Waals surface area contributed by atoms with Crippen LogP contribution in [0.1, 0.15) is 24.2 Å². The van der Waals surface area contributed by atoms with Crippen molar-refractivity contribution in [2.45, 2.75) is 19.4 Å². The molecule has 142 valence electrons. The smallest absolute Gasteiger partial charge is 0.191 e. The summed E-state index contributed by atoms with van der Waals surface area (Å²) in [5.74, 6) is 0.367. The van der Waals surface area contributed by atoms with E-state index in [-0.39, 0.29) is 36.3 Å². The van der Waals surface area contributed by atoms with Gasteiger partial charge in [0.05, 0.1) is 6.54 Å². The van der Waals surface area contributed by atoms with Crippen molar-refractivity contribution < 1.29 is 9.50 Å². The zero-order valence-corrected chi connectivity index (χ0v) is 17.7. The summed E-state index contributed by atoms with van der Waals surface area (Å²) in [6, 6.07) is 13.7. The molecule has 0 aliphatic heterocycles. The third-order valence-electron chi connectivity index (χ3n) is 3.63. The number of halogens is 3. The molecule has 0 fully saturated rings. The second-order valence-corrected chi connectivity index (χ2v) is 5.97. The summed E-state index contributed by atoms with van der Waals surface area (Å²) >= 11 is 6.09. The van der Waals surface area contributed by atoms with Crippen molar-refractivity contribution in [2.24, 2.45) is 4.99 Å². The molecule has 2 aromatic carbocycles. The lowest BCUT2D eigenvalue weighted by Crippen LogP contribution is -2.38. The summed E-state index contributed by atoms with van der Waals surface area (Å²) in [6.45, 7) is 3.47. The van der Waals surface area contributed by atoms with Gasteiger partial charge in [0.1, 0.15) is 11.9 Å². The highest BCUT2D eigenvalue weighted by Crippen LogP contribution is 2.22. The van der Waals surface area contributed by atoms with Crippen molar-refractivity contribution in [1.82, 2.24) is 10.6 Å². The summed E-state index contributed by atoms with van der Waals surface area (Å²) in [6.07, 6.45) is -0.0951. The van der Waals surface area contributed by atoms with Crippen LogP contribution in [-0.4, -0.2) is 30.7 Å². The zero-order valence-electron chi connectivity index (χ0n) is 14.6. The molecule has 2 aromatic rings.